The minimum Gasteiger partial charge on any atom is -0.384 e. The number of rotatable bonds is 2. The Balaban J connectivity index is 1.86. The van der Waals surface area contributed by atoms with Crippen LogP contribution in [0, 0.1) is 0 Å². The van der Waals surface area contributed by atoms with Gasteiger partial charge >= 0.3 is 0 Å². The largest absolute Gasteiger partial charge is 0.384 e. The molecule has 1 fully saturated rings. The van der Waals surface area contributed by atoms with Gasteiger partial charge in [-0.3, -0.25) is 4.90 Å². The van der Waals surface area contributed by atoms with Crippen molar-refractivity contribution in [1.82, 2.24) is 20.0 Å². The molecule has 2 aromatic heterocycles. The summed E-state index contributed by atoms with van der Waals surface area (Å²) in [5.41, 5.74) is 6.27. The van der Waals surface area contributed by atoms with E-state index < -0.39 is 0 Å². The number of anilines is 1. The number of thioether (sulfide) groups is 1. The highest BCUT2D eigenvalue weighted by atomic mass is 32.2. The Bertz CT molecular complexity index is 573. The van der Waals surface area contributed by atoms with Gasteiger partial charge in [0, 0.05) is 18.1 Å². The molecule has 0 spiro atoms. The molecule has 3 rings (SSSR count). The SMILES string of the molecule is CN1CCSCC1c1noc(-c2cccc(N)n2)n1. The van der Waals surface area contributed by atoms with E-state index in [0.29, 0.717) is 23.2 Å². The molecule has 1 saturated heterocycles. The highest BCUT2D eigenvalue weighted by Crippen LogP contribution is 2.27. The lowest BCUT2D eigenvalue weighted by atomic mass is 10.2. The lowest BCUT2D eigenvalue weighted by Crippen LogP contribution is -2.33. The standard InChI is InChI=1S/C12H15N5OS/c1-17-5-6-19-7-9(17)11-15-12(18-16-11)8-3-2-4-10(13)14-8/h2-4,9H,5-7H2,1H3,(H2,13,14). The smallest absolute Gasteiger partial charge is 0.276 e. The van der Waals surface area contributed by atoms with E-state index in [0.717, 1.165) is 18.1 Å². The zero-order chi connectivity index (χ0) is 13.2. The zero-order valence-corrected chi connectivity index (χ0v) is 11.4. The van der Waals surface area contributed by atoms with Gasteiger partial charge in [-0.2, -0.15) is 16.7 Å². The Morgan fingerprint density at radius 2 is 2.32 bits per heavy atom. The molecule has 6 nitrogen and oxygen atoms in total. The molecule has 0 aromatic carbocycles. The molecule has 2 aromatic rings. The molecule has 7 heteroatoms. The lowest BCUT2D eigenvalue weighted by Gasteiger charge is -2.29. The van der Waals surface area contributed by atoms with E-state index >= 15 is 0 Å². The van der Waals surface area contributed by atoms with Crippen molar-refractivity contribution in [2.75, 3.05) is 30.8 Å². The quantitative estimate of drug-likeness (QED) is 0.889. The summed E-state index contributed by atoms with van der Waals surface area (Å²) < 4.78 is 5.29. The first-order valence-electron chi connectivity index (χ1n) is 6.08. The summed E-state index contributed by atoms with van der Waals surface area (Å²) in [6.07, 6.45) is 0. The second-order valence-electron chi connectivity index (χ2n) is 4.48. The summed E-state index contributed by atoms with van der Waals surface area (Å²) in [5, 5.41) is 4.07. The number of hydrogen-bond donors (Lipinski definition) is 1. The van der Waals surface area contributed by atoms with Gasteiger partial charge in [-0.25, -0.2) is 4.98 Å². The van der Waals surface area contributed by atoms with Crippen LogP contribution in [0.15, 0.2) is 22.7 Å². The van der Waals surface area contributed by atoms with Crippen LogP contribution in [0.3, 0.4) is 0 Å². The van der Waals surface area contributed by atoms with E-state index in [1.807, 2.05) is 23.9 Å². The van der Waals surface area contributed by atoms with Gasteiger partial charge in [0.2, 0.25) is 0 Å². The molecule has 0 radical (unpaired) electrons. The van der Waals surface area contributed by atoms with E-state index in [4.69, 9.17) is 10.3 Å². The third-order valence-corrected chi connectivity index (χ3v) is 4.15. The molecule has 1 aliphatic rings. The minimum atomic E-state index is 0.206. The van der Waals surface area contributed by atoms with E-state index in [1.54, 1.807) is 6.07 Å². The first-order chi connectivity index (χ1) is 9.24. The van der Waals surface area contributed by atoms with Gasteiger partial charge in [0.25, 0.3) is 5.89 Å². The van der Waals surface area contributed by atoms with Crippen molar-refractivity contribution in [3.8, 4) is 11.6 Å². The van der Waals surface area contributed by atoms with E-state index in [-0.39, 0.29) is 6.04 Å². The van der Waals surface area contributed by atoms with Crippen molar-refractivity contribution in [3.05, 3.63) is 24.0 Å². The molecule has 1 aliphatic heterocycles. The summed E-state index contributed by atoms with van der Waals surface area (Å²) in [4.78, 5) is 10.9. The third-order valence-electron chi connectivity index (χ3n) is 3.13. The summed E-state index contributed by atoms with van der Waals surface area (Å²) in [6.45, 7) is 1.04. The van der Waals surface area contributed by atoms with Crippen LogP contribution in [0.25, 0.3) is 11.6 Å². The number of nitrogen functional groups attached to an aromatic ring is 1. The first-order valence-corrected chi connectivity index (χ1v) is 7.24. The molecule has 2 N–H and O–H groups in total. The van der Waals surface area contributed by atoms with Crippen LogP contribution in [0.4, 0.5) is 5.82 Å². The number of hydrogen-bond acceptors (Lipinski definition) is 7. The zero-order valence-electron chi connectivity index (χ0n) is 10.6. The molecule has 0 bridgehead atoms. The number of nitrogens with two attached hydrogens (primary N) is 1. The van der Waals surface area contributed by atoms with Crippen LogP contribution in [0.1, 0.15) is 11.9 Å². The monoisotopic (exact) mass is 277 g/mol. The molecule has 3 heterocycles. The fourth-order valence-corrected chi connectivity index (χ4v) is 3.21. The summed E-state index contributed by atoms with van der Waals surface area (Å²) in [5.74, 6) is 3.72. The fourth-order valence-electron chi connectivity index (χ4n) is 2.00. The van der Waals surface area contributed by atoms with Crippen LogP contribution in [0.2, 0.25) is 0 Å². The number of nitrogens with zero attached hydrogens (tertiary/aromatic N) is 4. The fraction of sp³-hybridized carbons (Fsp3) is 0.417. The summed E-state index contributed by atoms with van der Waals surface area (Å²) >= 11 is 1.91. The maximum absolute atomic E-state index is 5.66. The molecular formula is C12H15N5OS. The summed E-state index contributed by atoms with van der Waals surface area (Å²) in [6, 6.07) is 5.57. The Kier molecular flexibility index (Phi) is 3.39. The van der Waals surface area contributed by atoms with Gasteiger partial charge in [-0.05, 0) is 19.2 Å². The maximum atomic E-state index is 5.66. The van der Waals surface area contributed by atoms with Crippen LogP contribution in [-0.4, -0.2) is 45.1 Å². The highest BCUT2D eigenvalue weighted by molar-refractivity contribution is 7.99. The van der Waals surface area contributed by atoms with Gasteiger partial charge in [0.1, 0.15) is 11.5 Å². The van der Waals surface area contributed by atoms with Gasteiger partial charge in [-0.1, -0.05) is 11.2 Å². The maximum Gasteiger partial charge on any atom is 0.276 e. The molecule has 1 unspecified atom stereocenters. The van der Waals surface area contributed by atoms with Crippen LogP contribution in [-0.2, 0) is 0 Å². The predicted octanol–water partition coefficient (Wildman–Crippen LogP) is 1.43. The van der Waals surface area contributed by atoms with Gasteiger partial charge < -0.3 is 10.3 Å². The van der Waals surface area contributed by atoms with Crippen molar-refractivity contribution in [2.45, 2.75) is 6.04 Å². The van der Waals surface area contributed by atoms with Gasteiger partial charge in [0.15, 0.2) is 5.82 Å². The van der Waals surface area contributed by atoms with Gasteiger partial charge in [-0.15, -0.1) is 0 Å². The summed E-state index contributed by atoms with van der Waals surface area (Å²) in [7, 11) is 2.08. The molecule has 0 amide bonds. The van der Waals surface area contributed by atoms with Crippen molar-refractivity contribution in [2.24, 2.45) is 0 Å². The van der Waals surface area contributed by atoms with Crippen molar-refractivity contribution in [1.29, 1.82) is 0 Å². The molecule has 1 atom stereocenters. The first kappa shape index (κ1) is 12.4. The second kappa shape index (κ2) is 5.18. The van der Waals surface area contributed by atoms with E-state index in [2.05, 4.69) is 27.1 Å². The Morgan fingerprint density at radius 1 is 1.42 bits per heavy atom. The normalized spacial score (nSPS) is 20.6. The second-order valence-corrected chi connectivity index (χ2v) is 5.63. The van der Waals surface area contributed by atoms with E-state index in [9.17, 15) is 0 Å². The molecule has 0 aliphatic carbocycles. The Morgan fingerprint density at radius 3 is 3.11 bits per heavy atom. The number of aromatic nitrogens is 3. The lowest BCUT2D eigenvalue weighted by molar-refractivity contribution is 0.257. The van der Waals surface area contributed by atoms with Crippen LogP contribution in [0.5, 0.6) is 0 Å². The van der Waals surface area contributed by atoms with Gasteiger partial charge in [0.05, 0.1) is 6.04 Å². The number of pyridine rings is 1. The van der Waals surface area contributed by atoms with Crippen LogP contribution < -0.4 is 5.73 Å². The minimum absolute atomic E-state index is 0.206. The van der Waals surface area contributed by atoms with E-state index in [1.165, 1.54) is 0 Å². The third kappa shape index (κ3) is 2.57. The van der Waals surface area contributed by atoms with Crippen molar-refractivity contribution >= 4 is 17.6 Å². The molecular weight excluding hydrogens is 262 g/mol. The van der Waals surface area contributed by atoms with Crippen LogP contribution >= 0.6 is 11.8 Å². The highest BCUT2D eigenvalue weighted by Gasteiger charge is 2.26. The molecule has 0 saturated carbocycles. The Hall–Kier alpha value is -1.60. The molecule has 100 valence electrons. The molecule has 19 heavy (non-hydrogen) atoms. The predicted molar refractivity (Wildman–Crippen MR) is 74.6 cm³/mol. The average Bonchev–Trinajstić information content (AvgIpc) is 2.89. The average molecular weight is 277 g/mol. The Labute approximate surface area is 115 Å². The van der Waals surface area contributed by atoms with Crippen molar-refractivity contribution < 1.29 is 4.52 Å². The topological polar surface area (TPSA) is 81.1 Å². The van der Waals surface area contributed by atoms with Crippen molar-refractivity contribution in [3.63, 3.8) is 0 Å².